The molecule has 2 aliphatic heterocycles. The highest BCUT2D eigenvalue weighted by Crippen LogP contribution is 2.32. The first kappa shape index (κ1) is 18.2. The van der Waals surface area contributed by atoms with E-state index in [1.807, 2.05) is 32.0 Å². The van der Waals surface area contributed by atoms with Gasteiger partial charge in [0.05, 0.1) is 11.3 Å². The molecule has 2 aromatic rings. The maximum absolute atomic E-state index is 13.2. The van der Waals surface area contributed by atoms with Crippen molar-refractivity contribution in [3.8, 4) is 0 Å². The number of rotatable bonds is 3. The number of aryl methyl sites for hydroxylation is 2. The molecule has 0 spiro atoms. The van der Waals surface area contributed by atoms with Crippen LogP contribution in [0.1, 0.15) is 34.3 Å². The summed E-state index contributed by atoms with van der Waals surface area (Å²) in [6, 6.07) is 12.3. The van der Waals surface area contributed by atoms with Gasteiger partial charge in [0, 0.05) is 12.2 Å². The monoisotopic (exact) mass is 377 g/mol. The van der Waals surface area contributed by atoms with Crippen LogP contribution >= 0.6 is 0 Å². The third-order valence-electron chi connectivity index (χ3n) is 5.54. The zero-order valence-corrected chi connectivity index (χ0v) is 16.1. The average Bonchev–Trinajstić information content (AvgIpc) is 3.15. The molecule has 1 fully saturated rings. The predicted octanol–water partition coefficient (Wildman–Crippen LogP) is 2.89. The SMILES string of the molecule is Cc1cccc(C)c1NC(=O)CN1C(=O)C2CCCN2C(=O)c2ccccc21. The maximum atomic E-state index is 13.2. The van der Waals surface area contributed by atoms with Crippen molar-refractivity contribution in [1.82, 2.24) is 4.90 Å². The number of nitrogens with zero attached hydrogens (tertiary/aromatic N) is 2. The Morgan fingerprint density at radius 2 is 1.79 bits per heavy atom. The summed E-state index contributed by atoms with van der Waals surface area (Å²) in [5.41, 5.74) is 3.67. The zero-order chi connectivity index (χ0) is 19.8. The Hall–Kier alpha value is -3.15. The van der Waals surface area contributed by atoms with Crippen LogP contribution in [0, 0.1) is 13.8 Å². The summed E-state index contributed by atoms with van der Waals surface area (Å²) in [6.07, 6.45) is 1.43. The van der Waals surface area contributed by atoms with Gasteiger partial charge in [-0.25, -0.2) is 0 Å². The van der Waals surface area contributed by atoms with Crippen molar-refractivity contribution >= 4 is 29.1 Å². The molecule has 1 saturated heterocycles. The van der Waals surface area contributed by atoms with Crippen LogP contribution in [-0.2, 0) is 9.59 Å². The minimum absolute atomic E-state index is 0.124. The number of carbonyl (C=O) groups is 3. The van der Waals surface area contributed by atoms with E-state index in [9.17, 15) is 14.4 Å². The topological polar surface area (TPSA) is 69.7 Å². The first-order valence-electron chi connectivity index (χ1n) is 9.55. The van der Waals surface area contributed by atoms with E-state index in [1.165, 1.54) is 4.90 Å². The van der Waals surface area contributed by atoms with E-state index in [2.05, 4.69) is 5.32 Å². The number of hydrogen-bond acceptors (Lipinski definition) is 3. The van der Waals surface area contributed by atoms with Gasteiger partial charge in [-0.1, -0.05) is 30.3 Å². The number of para-hydroxylation sites is 2. The van der Waals surface area contributed by atoms with Crippen molar-refractivity contribution in [1.29, 1.82) is 0 Å². The van der Waals surface area contributed by atoms with Crippen molar-refractivity contribution in [3.05, 3.63) is 59.2 Å². The lowest BCUT2D eigenvalue weighted by molar-refractivity contribution is -0.124. The van der Waals surface area contributed by atoms with Gasteiger partial charge in [0.15, 0.2) is 0 Å². The molecule has 2 aromatic carbocycles. The van der Waals surface area contributed by atoms with Gasteiger partial charge in [-0.2, -0.15) is 0 Å². The Morgan fingerprint density at radius 1 is 1.07 bits per heavy atom. The highest BCUT2D eigenvalue weighted by molar-refractivity contribution is 6.13. The summed E-state index contributed by atoms with van der Waals surface area (Å²) < 4.78 is 0. The molecule has 28 heavy (non-hydrogen) atoms. The highest BCUT2D eigenvalue weighted by atomic mass is 16.2. The number of carbonyl (C=O) groups excluding carboxylic acids is 3. The molecule has 2 aliphatic rings. The lowest BCUT2D eigenvalue weighted by atomic mass is 10.1. The molecule has 144 valence electrons. The number of amides is 3. The number of anilines is 2. The predicted molar refractivity (Wildman–Crippen MR) is 107 cm³/mol. The van der Waals surface area contributed by atoms with Crippen LogP contribution in [-0.4, -0.2) is 41.8 Å². The molecule has 0 radical (unpaired) electrons. The van der Waals surface area contributed by atoms with E-state index in [4.69, 9.17) is 0 Å². The Morgan fingerprint density at radius 3 is 2.54 bits per heavy atom. The van der Waals surface area contributed by atoms with Crippen molar-refractivity contribution in [2.75, 3.05) is 23.3 Å². The van der Waals surface area contributed by atoms with Gasteiger partial charge in [0.2, 0.25) is 11.8 Å². The Labute approximate surface area is 164 Å². The molecule has 1 N–H and O–H groups in total. The first-order valence-corrected chi connectivity index (χ1v) is 9.55. The summed E-state index contributed by atoms with van der Waals surface area (Å²) in [5.74, 6) is -0.601. The molecule has 6 heteroatoms. The maximum Gasteiger partial charge on any atom is 0.256 e. The second kappa shape index (κ2) is 7.11. The summed E-state index contributed by atoms with van der Waals surface area (Å²) in [6.45, 7) is 4.32. The third-order valence-corrected chi connectivity index (χ3v) is 5.54. The quantitative estimate of drug-likeness (QED) is 0.894. The van der Waals surface area contributed by atoms with Crippen LogP contribution in [0.3, 0.4) is 0 Å². The number of fused-ring (bicyclic) bond motifs is 2. The van der Waals surface area contributed by atoms with E-state index in [-0.39, 0.29) is 24.3 Å². The summed E-state index contributed by atoms with van der Waals surface area (Å²) >= 11 is 0. The second-order valence-electron chi connectivity index (χ2n) is 7.41. The Bertz CT molecular complexity index is 949. The molecule has 0 bridgehead atoms. The normalized spacial score (nSPS) is 18.6. The average molecular weight is 377 g/mol. The Balaban J connectivity index is 1.66. The Kier molecular flexibility index (Phi) is 4.63. The molecular formula is C22H23N3O3. The van der Waals surface area contributed by atoms with Gasteiger partial charge in [0.1, 0.15) is 12.6 Å². The van der Waals surface area contributed by atoms with E-state index in [0.717, 1.165) is 23.2 Å². The number of benzene rings is 2. The lowest BCUT2D eigenvalue weighted by Gasteiger charge is -2.25. The molecule has 0 aliphatic carbocycles. The molecule has 4 rings (SSSR count). The second-order valence-corrected chi connectivity index (χ2v) is 7.41. The van der Waals surface area contributed by atoms with Gasteiger partial charge in [0.25, 0.3) is 5.91 Å². The molecule has 0 aromatic heterocycles. The van der Waals surface area contributed by atoms with Gasteiger partial charge in [-0.05, 0) is 49.9 Å². The number of nitrogens with one attached hydrogen (secondary N) is 1. The summed E-state index contributed by atoms with van der Waals surface area (Å²) in [7, 11) is 0. The highest BCUT2D eigenvalue weighted by Gasteiger charge is 2.42. The van der Waals surface area contributed by atoms with Gasteiger partial charge in [-0.3, -0.25) is 14.4 Å². The lowest BCUT2D eigenvalue weighted by Crippen LogP contribution is -2.47. The fraction of sp³-hybridized carbons (Fsp3) is 0.318. The summed E-state index contributed by atoms with van der Waals surface area (Å²) in [5, 5.41) is 2.94. The van der Waals surface area contributed by atoms with Crippen LogP contribution in [0.5, 0.6) is 0 Å². The number of hydrogen-bond donors (Lipinski definition) is 1. The third kappa shape index (κ3) is 3.05. The van der Waals surface area contributed by atoms with Crippen LogP contribution in [0.15, 0.2) is 42.5 Å². The largest absolute Gasteiger partial charge is 0.327 e. The summed E-state index contributed by atoms with van der Waals surface area (Å²) in [4.78, 5) is 42.1. The minimum atomic E-state index is -0.493. The first-order chi connectivity index (χ1) is 13.5. The van der Waals surface area contributed by atoms with Crippen molar-refractivity contribution in [3.63, 3.8) is 0 Å². The smallest absolute Gasteiger partial charge is 0.256 e. The zero-order valence-electron chi connectivity index (χ0n) is 16.1. The van der Waals surface area contributed by atoms with Crippen molar-refractivity contribution < 1.29 is 14.4 Å². The molecule has 1 atom stereocenters. The van der Waals surface area contributed by atoms with Crippen molar-refractivity contribution in [2.45, 2.75) is 32.7 Å². The fourth-order valence-electron chi connectivity index (χ4n) is 4.11. The van der Waals surface area contributed by atoms with E-state index in [0.29, 0.717) is 24.2 Å². The van der Waals surface area contributed by atoms with E-state index < -0.39 is 6.04 Å². The van der Waals surface area contributed by atoms with Crippen LogP contribution in [0.4, 0.5) is 11.4 Å². The van der Waals surface area contributed by atoms with Gasteiger partial charge >= 0.3 is 0 Å². The molecule has 6 nitrogen and oxygen atoms in total. The fourth-order valence-corrected chi connectivity index (χ4v) is 4.11. The molecule has 2 heterocycles. The van der Waals surface area contributed by atoms with Gasteiger partial charge < -0.3 is 15.1 Å². The van der Waals surface area contributed by atoms with Crippen molar-refractivity contribution in [2.24, 2.45) is 0 Å². The molecule has 0 saturated carbocycles. The van der Waals surface area contributed by atoms with Crippen LogP contribution in [0.2, 0.25) is 0 Å². The standard InChI is InChI=1S/C22H23N3O3/c1-14-7-5-8-15(2)20(14)23-19(26)13-25-17-10-4-3-9-16(17)21(27)24-12-6-11-18(24)22(25)28/h3-5,7-10,18H,6,11-13H2,1-2H3,(H,23,26). The minimum Gasteiger partial charge on any atom is -0.327 e. The van der Waals surface area contributed by atoms with Crippen LogP contribution in [0.25, 0.3) is 0 Å². The molecular weight excluding hydrogens is 354 g/mol. The van der Waals surface area contributed by atoms with E-state index in [1.54, 1.807) is 29.2 Å². The van der Waals surface area contributed by atoms with Gasteiger partial charge in [-0.15, -0.1) is 0 Å². The van der Waals surface area contributed by atoms with Crippen LogP contribution < -0.4 is 10.2 Å². The molecule has 3 amide bonds. The molecule has 1 unspecified atom stereocenters. The van der Waals surface area contributed by atoms with E-state index >= 15 is 0 Å².